The molecule has 0 saturated carbocycles. The summed E-state index contributed by atoms with van der Waals surface area (Å²) in [4.78, 5) is 27.6. The van der Waals surface area contributed by atoms with Crippen LogP contribution in [-0.2, 0) is 18.3 Å². The first-order valence-electron chi connectivity index (χ1n) is 10.3. The Labute approximate surface area is 169 Å². The maximum Gasteiger partial charge on any atom is 0.223 e. The monoisotopic (exact) mass is 387 g/mol. The molecule has 1 atom stereocenters. The highest BCUT2D eigenvalue weighted by Crippen LogP contribution is 2.29. The third kappa shape index (κ3) is 3.39. The molecule has 0 radical (unpaired) electrons. The fraction of sp³-hybridized carbons (Fsp3) is 0.348. The third-order valence-electron chi connectivity index (χ3n) is 5.98. The zero-order valence-corrected chi connectivity index (χ0v) is 16.6. The summed E-state index contributed by atoms with van der Waals surface area (Å²) in [5, 5.41) is 0. The van der Waals surface area contributed by atoms with Crippen molar-refractivity contribution in [2.24, 2.45) is 7.05 Å². The number of hydrogen-bond acceptors (Lipinski definition) is 3. The minimum atomic E-state index is 0.203. The Morgan fingerprint density at radius 3 is 2.72 bits per heavy atom. The van der Waals surface area contributed by atoms with Gasteiger partial charge in [0.1, 0.15) is 11.6 Å². The standard InChI is InChI=1S/C23H25N5O/c1-27-20-11-5-4-10-19(20)26-23(27)16-7-6-14-28(15-16)22(29)13-12-21-24-17-8-2-3-9-18(17)25-21/h2-5,8-11,16H,6-7,12-15H2,1H3,(H,24,25). The first-order valence-corrected chi connectivity index (χ1v) is 10.3. The van der Waals surface area contributed by atoms with E-state index in [9.17, 15) is 4.79 Å². The molecule has 1 aliphatic heterocycles. The van der Waals surface area contributed by atoms with Gasteiger partial charge >= 0.3 is 0 Å². The van der Waals surface area contributed by atoms with Crippen LogP contribution in [0.4, 0.5) is 0 Å². The van der Waals surface area contributed by atoms with Crippen LogP contribution in [0, 0.1) is 0 Å². The van der Waals surface area contributed by atoms with Crippen LogP contribution in [0.25, 0.3) is 22.1 Å². The molecule has 29 heavy (non-hydrogen) atoms. The number of nitrogens with zero attached hydrogens (tertiary/aromatic N) is 4. The number of hydrogen-bond donors (Lipinski definition) is 1. The molecule has 0 spiro atoms. The van der Waals surface area contributed by atoms with Gasteiger partial charge < -0.3 is 14.5 Å². The number of piperidine rings is 1. The molecule has 1 saturated heterocycles. The SMILES string of the molecule is Cn1c(C2CCCN(C(=O)CCc3nc4ccccc4[nH]3)C2)nc2ccccc21. The Morgan fingerprint density at radius 2 is 1.90 bits per heavy atom. The quantitative estimate of drug-likeness (QED) is 0.579. The molecule has 1 fully saturated rings. The van der Waals surface area contributed by atoms with Crippen molar-refractivity contribution in [3.63, 3.8) is 0 Å². The molecule has 1 unspecified atom stereocenters. The number of H-pyrrole nitrogens is 1. The number of carbonyl (C=O) groups is 1. The van der Waals surface area contributed by atoms with Crippen molar-refractivity contribution in [2.75, 3.05) is 13.1 Å². The molecule has 2 aromatic heterocycles. The predicted octanol–water partition coefficient (Wildman–Crippen LogP) is 3.79. The number of benzene rings is 2. The largest absolute Gasteiger partial charge is 0.342 e. The molecular weight excluding hydrogens is 362 g/mol. The zero-order chi connectivity index (χ0) is 19.8. The molecule has 4 aromatic rings. The van der Waals surface area contributed by atoms with Crippen molar-refractivity contribution < 1.29 is 4.79 Å². The fourth-order valence-electron chi connectivity index (χ4n) is 4.45. The molecule has 1 amide bonds. The number of nitrogens with one attached hydrogen (secondary N) is 1. The van der Waals surface area contributed by atoms with Crippen molar-refractivity contribution >= 4 is 28.0 Å². The summed E-state index contributed by atoms with van der Waals surface area (Å²) in [6.07, 6.45) is 3.21. The molecule has 6 heteroatoms. The van der Waals surface area contributed by atoms with Crippen LogP contribution in [0.2, 0.25) is 0 Å². The summed E-state index contributed by atoms with van der Waals surface area (Å²) < 4.78 is 2.18. The van der Waals surface area contributed by atoms with E-state index in [-0.39, 0.29) is 11.8 Å². The Kier molecular flexibility index (Phi) is 4.54. The smallest absolute Gasteiger partial charge is 0.223 e. The van der Waals surface area contributed by atoms with Gasteiger partial charge in [0.25, 0.3) is 0 Å². The Morgan fingerprint density at radius 1 is 1.10 bits per heavy atom. The molecule has 1 N–H and O–H groups in total. The topological polar surface area (TPSA) is 66.8 Å². The first-order chi connectivity index (χ1) is 14.2. The zero-order valence-electron chi connectivity index (χ0n) is 16.6. The average molecular weight is 387 g/mol. The molecule has 6 nitrogen and oxygen atoms in total. The Bertz CT molecular complexity index is 1140. The van der Waals surface area contributed by atoms with Gasteiger partial charge in [0.2, 0.25) is 5.91 Å². The summed E-state index contributed by atoms with van der Waals surface area (Å²) in [5.41, 5.74) is 4.15. The molecule has 148 valence electrons. The van der Waals surface area contributed by atoms with E-state index in [4.69, 9.17) is 4.98 Å². The maximum atomic E-state index is 12.9. The van der Waals surface area contributed by atoms with Crippen molar-refractivity contribution in [3.05, 3.63) is 60.2 Å². The van der Waals surface area contributed by atoms with E-state index in [0.717, 1.165) is 59.6 Å². The average Bonchev–Trinajstić information content (AvgIpc) is 3.33. The van der Waals surface area contributed by atoms with Crippen LogP contribution in [0.15, 0.2) is 48.5 Å². The molecule has 1 aliphatic rings. The van der Waals surface area contributed by atoms with Gasteiger partial charge in [-0.2, -0.15) is 0 Å². The highest BCUT2D eigenvalue weighted by molar-refractivity contribution is 5.78. The van der Waals surface area contributed by atoms with Gasteiger partial charge in [0.05, 0.1) is 22.1 Å². The summed E-state index contributed by atoms with van der Waals surface area (Å²) in [6.45, 7) is 1.58. The number of rotatable bonds is 4. The second-order valence-corrected chi connectivity index (χ2v) is 7.90. The second kappa shape index (κ2) is 7.35. The first kappa shape index (κ1) is 17.9. The van der Waals surface area contributed by atoms with E-state index in [2.05, 4.69) is 33.7 Å². The lowest BCUT2D eigenvalue weighted by atomic mass is 9.96. The molecule has 2 aromatic carbocycles. The predicted molar refractivity (Wildman–Crippen MR) is 114 cm³/mol. The van der Waals surface area contributed by atoms with E-state index in [0.29, 0.717) is 12.8 Å². The van der Waals surface area contributed by atoms with Crippen LogP contribution >= 0.6 is 0 Å². The molecule has 0 bridgehead atoms. The fourth-order valence-corrected chi connectivity index (χ4v) is 4.45. The number of fused-ring (bicyclic) bond motifs is 2. The van der Waals surface area contributed by atoms with Gasteiger partial charge in [-0.1, -0.05) is 24.3 Å². The Balaban J connectivity index is 1.27. The number of aromatic amines is 1. The van der Waals surface area contributed by atoms with E-state index in [1.807, 2.05) is 41.3 Å². The van der Waals surface area contributed by atoms with Gasteiger partial charge in [-0.05, 0) is 37.1 Å². The molecular formula is C23H25N5O. The lowest BCUT2D eigenvalue weighted by Gasteiger charge is -2.32. The van der Waals surface area contributed by atoms with Gasteiger partial charge in [-0.15, -0.1) is 0 Å². The second-order valence-electron chi connectivity index (χ2n) is 7.90. The van der Waals surface area contributed by atoms with Crippen LogP contribution in [-0.4, -0.2) is 43.4 Å². The normalized spacial score (nSPS) is 17.3. The number of carbonyl (C=O) groups excluding carboxylic acids is 1. The highest BCUT2D eigenvalue weighted by atomic mass is 16.2. The summed E-state index contributed by atoms with van der Waals surface area (Å²) in [6, 6.07) is 16.2. The lowest BCUT2D eigenvalue weighted by Crippen LogP contribution is -2.39. The maximum absolute atomic E-state index is 12.9. The van der Waals surface area contributed by atoms with Crippen molar-refractivity contribution in [1.29, 1.82) is 0 Å². The molecule has 5 rings (SSSR count). The number of para-hydroxylation sites is 4. The van der Waals surface area contributed by atoms with Crippen molar-refractivity contribution in [2.45, 2.75) is 31.6 Å². The summed E-state index contributed by atoms with van der Waals surface area (Å²) >= 11 is 0. The third-order valence-corrected chi connectivity index (χ3v) is 5.98. The number of aromatic nitrogens is 4. The summed E-state index contributed by atoms with van der Waals surface area (Å²) in [7, 11) is 2.08. The van der Waals surface area contributed by atoms with E-state index in [1.165, 1.54) is 0 Å². The van der Waals surface area contributed by atoms with Gasteiger partial charge in [-0.3, -0.25) is 4.79 Å². The Hall–Kier alpha value is -3.15. The van der Waals surface area contributed by atoms with Gasteiger partial charge in [-0.25, -0.2) is 9.97 Å². The van der Waals surface area contributed by atoms with Crippen LogP contribution in [0.5, 0.6) is 0 Å². The number of amides is 1. The minimum Gasteiger partial charge on any atom is -0.342 e. The summed E-state index contributed by atoms with van der Waals surface area (Å²) in [5.74, 6) is 2.45. The highest BCUT2D eigenvalue weighted by Gasteiger charge is 2.27. The van der Waals surface area contributed by atoms with Crippen LogP contribution < -0.4 is 0 Å². The van der Waals surface area contributed by atoms with Crippen molar-refractivity contribution in [3.8, 4) is 0 Å². The van der Waals surface area contributed by atoms with E-state index >= 15 is 0 Å². The molecule has 0 aliphatic carbocycles. The number of imidazole rings is 2. The van der Waals surface area contributed by atoms with E-state index < -0.39 is 0 Å². The number of aryl methyl sites for hydroxylation is 2. The molecule has 3 heterocycles. The van der Waals surface area contributed by atoms with Gasteiger partial charge in [0, 0.05) is 38.9 Å². The van der Waals surface area contributed by atoms with Crippen molar-refractivity contribution in [1.82, 2.24) is 24.4 Å². The van der Waals surface area contributed by atoms with Crippen LogP contribution in [0.3, 0.4) is 0 Å². The minimum absolute atomic E-state index is 0.203. The number of likely N-dealkylation sites (tertiary alicyclic amines) is 1. The van der Waals surface area contributed by atoms with E-state index in [1.54, 1.807) is 0 Å². The van der Waals surface area contributed by atoms with Crippen LogP contribution in [0.1, 0.15) is 36.8 Å². The van der Waals surface area contributed by atoms with Gasteiger partial charge in [0.15, 0.2) is 0 Å². The lowest BCUT2D eigenvalue weighted by molar-refractivity contribution is -0.132.